The molecule has 1 heterocycles. The van der Waals surface area contributed by atoms with Gasteiger partial charge in [-0.2, -0.15) is 0 Å². The van der Waals surface area contributed by atoms with Gasteiger partial charge in [0, 0.05) is 28.9 Å². The quantitative estimate of drug-likeness (QED) is 0.379. The molecule has 0 atom stereocenters. The van der Waals surface area contributed by atoms with Crippen molar-refractivity contribution in [1.82, 2.24) is 4.98 Å². The standard InChI is InChI=1S/C21H18N2O3S/c1-14-11-15(3-8-19(24)16-4-6-18(26-2)7-5-16)12-17(20(14)25)13-23-21-22-9-10-27-21/h3-13,25H,1-2H3/b8-3+,23-13+. The van der Waals surface area contributed by atoms with E-state index in [1.807, 2.05) is 11.4 Å². The number of phenolic OH excluding ortho intramolecular Hbond substituents is 1. The van der Waals surface area contributed by atoms with E-state index in [2.05, 4.69) is 9.98 Å². The van der Waals surface area contributed by atoms with Crippen LogP contribution in [-0.4, -0.2) is 29.2 Å². The molecule has 0 saturated carbocycles. The Kier molecular flexibility index (Phi) is 5.78. The zero-order valence-electron chi connectivity index (χ0n) is 14.9. The number of nitrogens with zero attached hydrogens (tertiary/aromatic N) is 2. The zero-order chi connectivity index (χ0) is 19.2. The normalized spacial score (nSPS) is 11.3. The predicted octanol–water partition coefficient (Wildman–Crippen LogP) is 4.81. The van der Waals surface area contributed by atoms with Crippen LogP contribution in [0.3, 0.4) is 0 Å². The second kappa shape index (κ2) is 8.42. The van der Waals surface area contributed by atoms with Gasteiger partial charge >= 0.3 is 0 Å². The number of carbonyl (C=O) groups excluding carboxylic acids is 1. The van der Waals surface area contributed by atoms with Crippen molar-refractivity contribution in [3.05, 3.63) is 76.3 Å². The number of thiazole rings is 1. The molecule has 2 aromatic carbocycles. The molecule has 0 aliphatic rings. The molecule has 0 saturated heterocycles. The number of phenols is 1. The fourth-order valence-electron chi connectivity index (χ4n) is 2.46. The molecule has 27 heavy (non-hydrogen) atoms. The molecule has 0 radical (unpaired) electrons. The van der Waals surface area contributed by atoms with Crippen molar-refractivity contribution in [2.75, 3.05) is 7.11 Å². The van der Waals surface area contributed by atoms with Crippen molar-refractivity contribution in [3.63, 3.8) is 0 Å². The number of carbonyl (C=O) groups is 1. The highest BCUT2D eigenvalue weighted by Crippen LogP contribution is 2.25. The molecule has 0 spiro atoms. The molecule has 1 N–H and O–H groups in total. The molecule has 0 aliphatic carbocycles. The van der Waals surface area contributed by atoms with E-state index in [1.165, 1.54) is 17.4 Å². The molecule has 0 bridgehead atoms. The molecule has 0 fully saturated rings. The van der Waals surface area contributed by atoms with Crippen LogP contribution >= 0.6 is 11.3 Å². The lowest BCUT2D eigenvalue weighted by atomic mass is 10.0. The Balaban J connectivity index is 1.81. The van der Waals surface area contributed by atoms with Gasteiger partial charge in [-0.3, -0.25) is 4.79 Å². The molecule has 3 aromatic rings. The molecular formula is C21H18N2O3S. The van der Waals surface area contributed by atoms with Crippen molar-refractivity contribution in [2.24, 2.45) is 4.99 Å². The predicted molar refractivity (Wildman–Crippen MR) is 109 cm³/mol. The first kappa shape index (κ1) is 18.5. The van der Waals surface area contributed by atoms with Crippen molar-refractivity contribution >= 4 is 34.5 Å². The van der Waals surface area contributed by atoms with E-state index < -0.39 is 0 Å². The Morgan fingerprint density at radius 2 is 2.04 bits per heavy atom. The third-order valence-corrected chi connectivity index (χ3v) is 4.57. The lowest BCUT2D eigenvalue weighted by molar-refractivity contribution is 0.104. The van der Waals surface area contributed by atoms with E-state index >= 15 is 0 Å². The Morgan fingerprint density at radius 1 is 1.26 bits per heavy atom. The summed E-state index contributed by atoms with van der Waals surface area (Å²) in [5, 5.41) is 12.7. The lowest BCUT2D eigenvalue weighted by Crippen LogP contribution is -1.94. The molecule has 3 rings (SSSR count). The smallest absolute Gasteiger partial charge is 0.209 e. The molecule has 0 amide bonds. The van der Waals surface area contributed by atoms with Crippen molar-refractivity contribution < 1.29 is 14.6 Å². The van der Waals surface area contributed by atoms with Crippen LogP contribution in [0.15, 0.2) is 59.0 Å². The van der Waals surface area contributed by atoms with Gasteiger partial charge in [0.15, 0.2) is 5.78 Å². The lowest BCUT2D eigenvalue weighted by Gasteiger charge is -2.05. The van der Waals surface area contributed by atoms with Gasteiger partial charge in [-0.15, -0.1) is 11.3 Å². The van der Waals surface area contributed by atoms with Crippen LogP contribution in [0.25, 0.3) is 6.08 Å². The number of benzene rings is 2. The highest BCUT2D eigenvalue weighted by Gasteiger charge is 2.06. The topological polar surface area (TPSA) is 71.8 Å². The van der Waals surface area contributed by atoms with Crippen LogP contribution in [0.4, 0.5) is 5.13 Å². The Labute approximate surface area is 161 Å². The van der Waals surface area contributed by atoms with Crippen LogP contribution in [-0.2, 0) is 0 Å². The third kappa shape index (κ3) is 4.68. The summed E-state index contributed by atoms with van der Waals surface area (Å²) in [5.41, 5.74) is 2.65. The van der Waals surface area contributed by atoms with Crippen LogP contribution in [0.5, 0.6) is 11.5 Å². The van der Waals surface area contributed by atoms with Gasteiger partial charge in [-0.25, -0.2) is 9.98 Å². The fraction of sp³-hybridized carbons (Fsp3) is 0.0952. The summed E-state index contributed by atoms with van der Waals surface area (Å²) >= 11 is 1.41. The van der Waals surface area contributed by atoms with Gasteiger partial charge in [0.2, 0.25) is 5.13 Å². The summed E-state index contributed by atoms with van der Waals surface area (Å²) in [5.74, 6) is 0.754. The summed E-state index contributed by atoms with van der Waals surface area (Å²) in [7, 11) is 1.58. The van der Waals surface area contributed by atoms with Crippen molar-refractivity contribution in [1.29, 1.82) is 0 Å². The minimum absolute atomic E-state index is 0.110. The van der Waals surface area contributed by atoms with Gasteiger partial charge in [-0.05, 0) is 60.5 Å². The number of methoxy groups -OCH3 is 1. The number of ether oxygens (including phenoxy) is 1. The monoisotopic (exact) mass is 378 g/mol. The molecule has 6 heteroatoms. The SMILES string of the molecule is COc1ccc(C(=O)/C=C/c2cc(C)c(O)c(/C=N/c3nccs3)c2)cc1. The Morgan fingerprint density at radius 3 is 2.70 bits per heavy atom. The van der Waals surface area contributed by atoms with E-state index in [4.69, 9.17) is 4.74 Å². The van der Waals surface area contributed by atoms with Crippen LogP contribution in [0, 0.1) is 6.92 Å². The largest absolute Gasteiger partial charge is 0.507 e. The van der Waals surface area contributed by atoms with E-state index in [1.54, 1.807) is 62.9 Å². The molecule has 0 unspecified atom stereocenters. The second-order valence-electron chi connectivity index (χ2n) is 5.77. The number of ketones is 1. The Bertz CT molecular complexity index is 991. The molecular weight excluding hydrogens is 360 g/mol. The summed E-state index contributed by atoms with van der Waals surface area (Å²) in [4.78, 5) is 20.7. The Hall–Kier alpha value is -3.25. The maximum atomic E-state index is 12.3. The number of aliphatic imine (C=N–C) groups is 1. The average Bonchev–Trinajstić information content (AvgIpc) is 3.21. The minimum Gasteiger partial charge on any atom is -0.507 e. The number of aromatic nitrogens is 1. The van der Waals surface area contributed by atoms with Crippen LogP contribution in [0.1, 0.15) is 27.0 Å². The first-order valence-electron chi connectivity index (χ1n) is 8.20. The summed E-state index contributed by atoms with van der Waals surface area (Å²) < 4.78 is 5.10. The fourth-order valence-corrected chi connectivity index (χ4v) is 2.94. The van der Waals surface area contributed by atoms with Gasteiger partial charge in [0.05, 0.1) is 7.11 Å². The maximum absolute atomic E-state index is 12.3. The van der Waals surface area contributed by atoms with Gasteiger partial charge in [0.25, 0.3) is 0 Å². The van der Waals surface area contributed by atoms with E-state index in [9.17, 15) is 9.90 Å². The van der Waals surface area contributed by atoms with Crippen LogP contribution in [0.2, 0.25) is 0 Å². The first-order valence-corrected chi connectivity index (χ1v) is 9.08. The molecule has 5 nitrogen and oxygen atoms in total. The van der Waals surface area contributed by atoms with Gasteiger partial charge in [0.1, 0.15) is 11.5 Å². The van der Waals surface area contributed by atoms with E-state index in [0.29, 0.717) is 27.6 Å². The van der Waals surface area contributed by atoms with Gasteiger partial charge in [-0.1, -0.05) is 6.08 Å². The summed E-state index contributed by atoms with van der Waals surface area (Å²) in [6.07, 6.45) is 6.48. The molecule has 1 aromatic heterocycles. The van der Waals surface area contributed by atoms with Crippen molar-refractivity contribution in [2.45, 2.75) is 6.92 Å². The van der Waals surface area contributed by atoms with Crippen LogP contribution < -0.4 is 4.74 Å². The second-order valence-corrected chi connectivity index (χ2v) is 6.65. The van der Waals surface area contributed by atoms with Crippen molar-refractivity contribution in [3.8, 4) is 11.5 Å². The molecule has 136 valence electrons. The summed E-state index contributed by atoms with van der Waals surface area (Å²) in [6, 6.07) is 10.5. The van der Waals surface area contributed by atoms with Gasteiger partial charge < -0.3 is 9.84 Å². The highest BCUT2D eigenvalue weighted by molar-refractivity contribution is 7.13. The average molecular weight is 378 g/mol. The number of allylic oxidation sites excluding steroid dienone is 1. The summed E-state index contributed by atoms with van der Waals surface area (Å²) in [6.45, 7) is 1.80. The van der Waals surface area contributed by atoms with E-state index in [0.717, 1.165) is 5.56 Å². The first-order chi connectivity index (χ1) is 13.1. The highest BCUT2D eigenvalue weighted by atomic mass is 32.1. The number of aromatic hydroxyl groups is 1. The van der Waals surface area contributed by atoms with E-state index in [-0.39, 0.29) is 11.5 Å². The number of hydrogen-bond acceptors (Lipinski definition) is 6. The third-order valence-electron chi connectivity index (χ3n) is 3.89. The number of rotatable bonds is 6. The minimum atomic E-state index is -0.110. The number of aryl methyl sites for hydroxylation is 1. The maximum Gasteiger partial charge on any atom is 0.209 e. The number of hydrogen-bond donors (Lipinski definition) is 1. The zero-order valence-corrected chi connectivity index (χ0v) is 15.7. The molecule has 0 aliphatic heterocycles.